The average molecular weight is 252 g/mol. The van der Waals surface area contributed by atoms with Crippen LogP contribution in [0.15, 0.2) is 0 Å². The molecule has 2 aliphatic rings. The molecular weight excluding hydrogens is 220 g/mol. The van der Waals surface area contributed by atoms with E-state index in [2.05, 4.69) is 11.8 Å². The van der Waals surface area contributed by atoms with Crippen molar-refractivity contribution in [3.05, 3.63) is 0 Å². The van der Waals surface area contributed by atoms with Gasteiger partial charge in [-0.3, -0.25) is 0 Å². The third-order valence-electron chi connectivity index (χ3n) is 5.22. The summed E-state index contributed by atoms with van der Waals surface area (Å²) in [7, 11) is 0. The van der Waals surface area contributed by atoms with Crippen LogP contribution in [0.1, 0.15) is 58.3 Å². The molecule has 1 heterocycles. The Bertz CT molecular complexity index is 213. The average Bonchev–Trinajstić information content (AvgIpc) is 2.42. The van der Waals surface area contributed by atoms with Gasteiger partial charge in [-0.2, -0.15) is 0 Å². The quantitative estimate of drug-likeness (QED) is 0.814. The Labute approximate surface area is 113 Å². The molecule has 1 saturated heterocycles. The van der Waals surface area contributed by atoms with Gasteiger partial charge in [0.15, 0.2) is 0 Å². The summed E-state index contributed by atoms with van der Waals surface area (Å²) in [6, 6.07) is 0. The number of hydrogen-bond donors (Lipinski definition) is 1. The first-order chi connectivity index (χ1) is 8.81. The van der Waals surface area contributed by atoms with Gasteiger partial charge < -0.3 is 10.6 Å². The van der Waals surface area contributed by atoms with Crippen molar-refractivity contribution >= 4 is 0 Å². The first-order valence-corrected chi connectivity index (χ1v) is 8.24. The Morgan fingerprint density at radius 1 is 0.889 bits per heavy atom. The molecule has 0 aromatic carbocycles. The maximum Gasteiger partial charge on any atom is 0.000966 e. The van der Waals surface area contributed by atoms with Crippen LogP contribution >= 0.6 is 0 Å². The van der Waals surface area contributed by atoms with Gasteiger partial charge in [0.05, 0.1) is 0 Å². The van der Waals surface area contributed by atoms with Crippen molar-refractivity contribution in [3.63, 3.8) is 0 Å². The molecule has 0 bridgehead atoms. The Balaban J connectivity index is 1.63. The monoisotopic (exact) mass is 252 g/mol. The zero-order chi connectivity index (χ0) is 12.8. The van der Waals surface area contributed by atoms with Gasteiger partial charge in [-0.05, 0) is 75.9 Å². The van der Waals surface area contributed by atoms with E-state index in [0.717, 1.165) is 24.3 Å². The fraction of sp³-hybridized carbons (Fsp3) is 1.00. The molecule has 1 saturated carbocycles. The zero-order valence-corrected chi connectivity index (χ0v) is 12.2. The van der Waals surface area contributed by atoms with Crippen molar-refractivity contribution in [2.75, 3.05) is 26.2 Å². The molecule has 18 heavy (non-hydrogen) atoms. The van der Waals surface area contributed by atoms with E-state index in [0.29, 0.717) is 0 Å². The van der Waals surface area contributed by atoms with Crippen molar-refractivity contribution in [2.24, 2.45) is 23.5 Å². The van der Waals surface area contributed by atoms with Crippen molar-refractivity contribution in [2.45, 2.75) is 58.3 Å². The second kappa shape index (κ2) is 7.49. The Hall–Kier alpha value is -0.0800. The van der Waals surface area contributed by atoms with E-state index < -0.39 is 0 Å². The number of hydrogen-bond acceptors (Lipinski definition) is 2. The molecule has 2 N–H and O–H groups in total. The normalized spacial score (nSPS) is 31.7. The second-order valence-electron chi connectivity index (χ2n) is 6.66. The van der Waals surface area contributed by atoms with Crippen LogP contribution in [-0.2, 0) is 0 Å². The third-order valence-corrected chi connectivity index (χ3v) is 5.22. The molecule has 0 radical (unpaired) electrons. The summed E-state index contributed by atoms with van der Waals surface area (Å²) >= 11 is 0. The minimum atomic E-state index is 0.830. The third kappa shape index (κ3) is 4.24. The molecule has 2 rings (SSSR count). The Morgan fingerprint density at radius 3 is 2.06 bits per heavy atom. The van der Waals surface area contributed by atoms with Gasteiger partial charge >= 0.3 is 0 Å². The summed E-state index contributed by atoms with van der Waals surface area (Å²) in [5, 5.41) is 0. The van der Waals surface area contributed by atoms with Crippen LogP contribution in [0.5, 0.6) is 0 Å². The van der Waals surface area contributed by atoms with Crippen LogP contribution in [0.2, 0.25) is 0 Å². The van der Waals surface area contributed by atoms with Gasteiger partial charge in [0.2, 0.25) is 0 Å². The molecule has 0 aromatic heterocycles. The summed E-state index contributed by atoms with van der Waals surface area (Å²) < 4.78 is 0. The minimum absolute atomic E-state index is 0.830. The molecule has 0 amide bonds. The number of piperidine rings is 1. The smallest absolute Gasteiger partial charge is 0.000966 e. The zero-order valence-electron chi connectivity index (χ0n) is 12.2. The van der Waals surface area contributed by atoms with Gasteiger partial charge in [0.1, 0.15) is 0 Å². The van der Waals surface area contributed by atoms with E-state index in [-0.39, 0.29) is 0 Å². The minimum Gasteiger partial charge on any atom is -0.330 e. The summed E-state index contributed by atoms with van der Waals surface area (Å²) in [5.74, 6) is 2.83. The molecule has 0 spiro atoms. The van der Waals surface area contributed by atoms with Crippen molar-refractivity contribution in [3.8, 4) is 0 Å². The highest BCUT2D eigenvalue weighted by Gasteiger charge is 2.24. The molecule has 1 aliphatic carbocycles. The molecule has 0 unspecified atom stereocenters. The van der Waals surface area contributed by atoms with Crippen LogP contribution in [-0.4, -0.2) is 31.1 Å². The van der Waals surface area contributed by atoms with E-state index in [1.165, 1.54) is 71.0 Å². The van der Waals surface area contributed by atoms with E-state index in [1.54, 1.807) is 0 Å². The van der Waals surface area contributed by atoms with Gasteiger partial charge in [0.25, 0.3) is 0 Å². The highest BCUT2D eigenvalue weighted by atomic mass is 15.1. The number of likely N-dealkylation sites (tertiary alicyclic amines) is 1. The SMILES string of the molecule is CCCC1CCN(CC2CCC(CN)CC2)CC1. The predicted molar refractivity (Wildman–Crippen MR) is 78.6 cm³/mol. The van der Waals surface area contributed by atoms with Crippen LogP contribution in [0.3, 0.4) is 0 Å². The molecule has 2 heteroatoms. The molecule has 2 fully saturated rings. The van der Waals surface area contributed by atoms with E-state index in [1.807, 2.05) is 0 Å². The first kappa shape index (κ1) is 14.3. The van der Waals surface area contributed by atoms with E-state index >= 15 is 0 Å². The van der Waals surface area contributed by atoms with Gasteiger partial charge in [-0.15, -0.1) is 0 Å². The van der Waals surface area contributed by atoms with Crippen molar-refractivity contribution in [1.29, 1.82) is 0 Å². The molecule has 2 nitrogen and oxygen atoms in total. The van der Waals surface area contributed by atoms with Crippen molar-refractivity contribution < 1.29 is 0 Å². The lowest BCUT2D eigenvalue weighted by molar-refractivity contribution is 0.134. The van der Waals surface area contributed by atoms with Crippen LogP contribution in [0.4, 0.5) is 0 Å². The Morgan fingerprint density at radius 2 is 1.50 bits per heavy atom. The van der Waals surface area contributed by atoms with Crippen LogP contribution < -0.4 is 5.73 Å². The summed E-state index contributed by atoms with van der Waals surface area (Å²) in [6.45, 7) is 7.33. The highest BCUT2D eigenvalue weighted by Crippen LogP contribution is 2.30. The second-order valence-corrected chi connectivity index (χ2v) is 6.66. The van der Waals surface area contributed by atoms with Gasteiger partial charge in [-0.1, -0.05) is 19.8 Å². The lowest BCUT2D eigenvalue weighted by Gasteiger charge is -2.36. The molecule has 0 aromatic rings. The van der Waals surface area contributed by atoms with Crippen LogP contribution in [0.25, 0.3) is 0 Å². The van der Waals surface area contributed by atoms with Crippen LogP contribution in [0, 0.1) is 17.8 Å². The highest BCUT2D eigenvalue weighted by molar-refractivity contribution is 4.78. The fourth-order valence-corrected chi connectivity index (χ4v) is 3.88. The number of nitrogens with zero attached hydrogens (tertiary/aromatic N) is 1. The largest absolute Gasteiger partial charge is 0.330 e. The number of nitrogens with two attached hydrogens (primary N) is 1. The molecule has 106 valence electrons. The summed E-state index contributed by atoms with van der Waals surface area (Å²) in [4.78, 5) is 2.74. The lowest BCUT2D eigenvalue weighted by Crippen LogP contribution is -2.38. The predicted octanol–water partition coefficient (Wildman–Crippen LogP) is 3.26. The lowest BCUT2D eigenvalue weighted by atomic mass is 9.81. The van der Waals surface area contributed by atoms with E-state index in [9.17, 15) is 0 Å². The summed E-state index contributed by atoms with van der Waals surface area (Å²) in [5.41, 5.74) is 5.77. The standard InChI is InChI=1S/C16H32N2/c1-2-3-14-8-10-18(11-9-14)13-16-6-4-15(12-17)5-7-16/h14-16H,2-13,17H2,1H3. The molecule has 1 aliphatic heterocycles. The molecular formula is C16H32N2. The Kier molecular flexibility index (Phi) is 5.97. The maximum absolute atomic E-state index is 5.77. The molecule has 0 atom stereocenters. The van der Waals surface area contributed by atoms with E-state index in [4.69, 9.17) is 5.73 Å². The van der Waals surface area contributed by atoms with Gasteiger partial charge in [-0.25, -0.2) is 0 Å². The van der Waals surface area contributed by atoms with Crippen molar-refractivity contribution in [1.82, 2.24) is 4.90 Å². The number of rotatable bonds is 5. The topological polar surface area (TPSA) is 29.3 Å². The van der Waals surface area contributed by atoms with Gasteiger partial charge in [0, 0.05) is 6.54 Å². The fourth-order valence-electron chi connectivity index (χ4n) is 3.88. The first-order valence-electron chi connectivity index (χ1n) is 8.24. The maximum atomic E-state index is 5.77. The summed E-state index contributed by atoms with van der Waals surface area (Å²) in [6.07, 6.45) is 11.3.